The minimum atomic E-state index is -0.823. The summed E-state index contributed by atoms with van der Waals surface area (Å²) in [6.45, 7) is 0.699. The number of hydrogen-bond acceptors (Lipinski definition) is 9. The third kappa shape index (κ3) is 7.55. The smallest absolute Gasteiger partial charge is 0.339 e. The van der Waals surface area contributed by atoms with Gasteiger partial charge in [0.05, 0.1) is 41.5 Å². The molecule has 11 heteroatoms. The molecular weight excluding hydrogens is 541 g/mol. The van der Waals surface area contributed by atoms with Crippen molar-refractivity contribution in [3.8, 4) is 11.5 Å². The Morgan fingerprint density at radius 3 is 1.69 bits per heavy atom. The Hall–Kier alpha value is -2.89. The van der Waals surface area contributed by atoms with Crippen molar-refractivity contribution in [3.63, 3.8) is 0 Å². The number of rotatable bonds is 9. The van der Waals surface area contributed by atoms with Crippen LogP contribution in [-0.4, -0.2) is 73.9 Å². The van der Waals surface area contributed by atoms with E-state index in [2.05, 4.69) is 20.7 Å². The molecule has 1 heterocycles. The number of esters is 2. The van der Waals surface area contributed by atoms with Gasteiger partial charge in [-0.3, -0.25) is 0 Å². The Bertz CT molecular complexity index is 1030. The number of benzene rings is 2. The first kappa shape index (κ1) is 29.3. The first-order chi connectivity index (χ1) is 17.2. The van der Waals surface area contributed by atoms with Gasteiger partial charge in [0.25, 0.3) is 0 Å². The Morgan fingerprint density at radius 1 is 0.806 bits per heavy atom. The molecule has 0 spiro atoms. The van der Waals surface area contributed by atoms with E-state index < -0.39 is 30.3 Å². The average Bonchev–Trinajstić information content (AvgIpc) is 2.87. The summed E-state index contributed by atoms with van der Waals surface area (Å²) >= 11 is 3.33. The quantitative estimate of drug-likeness (QED) is 0.413. The van der Waals surface area contributed by atoms with E-state index in [-0.39, 0.29) is 0 Å². The molecule has 2 aromatic rings. The number of alkyl halides is 1. The Balaban J connectivity index is 0.000000261. The molecule has 0 saturated carbocycles. The van der Waals surface area contributed by atoms with Gasteiger partial charge in [-0.2, -0.15) is 0 Å². The standard InChI is InChI=1S/C14H18FNO4.C11H13BrO4/c1-18-12-5-9(13(19-2)14(17)20-3)4-11(6-12)16-7-10(15)8-16;1-14-9-5-7(4-8(12)6-9)10(15-2)11(13)16-3/h4-6,10,13H,7-8H2,1-3H3;4-6,10H,1-3H3. The summed E-state index contributed by atoms with van der Waals surface area (Å²) in [5.41, 5.74) is 2.11. The van der Waals surface area contributed by atoms with Crippen LogP contribution in [0.4, 0.5) is 10.1 Å². The molecular formula is C25H31BrFNO8. The number of anilines is 1. The Labute approximate surface area is 218 Å². The monoisotopic (exact) mass is 571 g/mol. The van der Waals surface area contributed by atoms with Gasteiger partial charge in [-0.15, -0.1) is 0 Å². The Morgan fingerprint density at radius 2 is 1.28 bits per heavy atom. The number of carbonyl (C=O) groups is 2. The number of methoxy groups -OCH3 is 6. The molecule has 0 amide bonds. The van der Waals surface area contributed by atoms with Crippen LogP contribution in [0.3, 0.4) is 0 Å². The first-order valence-corrected chi connectivity index (χ1v) is 11.6. The van der Waals surface area contributed by atoms with Crippen LogP contribution in [0.5, 0.6) is 11.5 Å². The van der Waals surface area contributed by atoms with Gasteiger partial charge in [0.2, 0.25) is 0 Å². The summed E-state index contributed by atoms with van der Waals surface area (Å²) in [5, 5.41) is 0. The van der Waals surface area contributed by atoms with Crippen LogP contribution in [0, 0.1) is 0 Å². The fourth-order valence-corrected chi connectivity index (χ4v) is 3.99. The van der Waals surface area contributed by atoms with Gasteiger partial charge in [0, 0.05) is 30.4 Å². The highest BCUT2D eigenvalue weighted by Gasteiger charge is 2.29. The van der Waals surface area contributed by atoms with Crippen molar-refractivity contribution in [1.82, 2.24) is 0 Å². The van der Waals surface area contributed by atoms with E-state index in [1.165, 1.54) is 35.5 Å². The van der Waals surface area contributed by atoms with E-state index in [1.54, 1.807) is 43.5 Å². The zero-order chi connectivity index (χ0) is 26.8. The molecule has 1 aliphatic rings. The highest BCUT2D eigenvalue weighted by Crippen LogP contribution is 2.32. The molecule has 2 aromatic carbocycles. The SMILES string of the molecule is COC(=O)C(OC)c1cc(Br)cc(OC)c1.COC(=O)C(OC)c1cc(OC)cc(N2CC(F)C2)c1. The predicted molar refractivity (Wildman–Crippen MR) is 134 cm³/mol. The normalized spacial score (nSPS) is 14.5. The molecule has 1 fully saturated rings. The average molecular weight is 572 g/mol. The van der Waals surface area contributed by atoms with Crippen LogP contribution >= 0.6 is 15.9 Å². The zero-order valence-corrected chi connectivity index (χ0v) is 22.7. The molecule has 1 saturated heterocycles. The van der Waals surface area contributed by atoms with Crippen molar-refractivity contribution in [2.24, 2.45) is 0 Å². The van der Waals surface area contributed by atoms with E-state index in [1.807, 2.05) is 4.90 Å². The molecule has 9 nitrogen and oxygen atoms in total. The minimum absolute atomic E-state index is 0.350. The van der Waals surface area contributed by atoms with Crippen LogP contribution in [-0.2, 0) is 28.5 Å². The molecule has 3 rings (SSSR count). The molecule has 2 unspecified atom stereocenters. The Kier molecular flexibility index (Phi) is 11.4. The molecule has 0 bridgehead atoms. The van der Waals surface area contributed by atoms with Crippen molar-refractivity contribution in [2.75, 3.05) is 60.6 Å². The lowest BCUT2D eigenvalue weighted by Gasteiger charge is -2.37. The lowest BCUT2D eigenvalue weighted by molar-refractivity contribution is -0.153. The number of ether oxygens (including phenoxy) is 6. The number of halogens is 2. The molecule has 0 radical (unpaired) electrons. The molecule has 0 aliphatic carbocycles. The molecule has 198 valence electrons. The molecule has 0 aromatic heterocycles. The largest absolute Gasteiger partial charge is 0.497 e. The van der Waals surface area contributed by atoms with E-state index in [0.29, 0.717) is 35.7 Å². The summed E-state index contributed by atoms with van der Waals surface area (Å²) in [7, 11) is 8.61. The maximum absolute atomic E-state index is 13.0. The van der Waals surface area contributed by atoms with Crippen LogP contribution in [0.2, 0.25) is 0 Å². The maximum atomic E-state index is 13.0. The predicted octanol–water partition coefficient (Wildman–Crippen LogP) is 4.03. The fourth-order valence-electron chi connectivity index (χ4n) is 3.50. The summed E-state index contributed by atoms with van der Waals surface area (Å²) < 4.78 is 43.7. The second-order valence-electron chi connectivity index (χ2n) is 7.67. The van der Waals surface area contributed by atoms with Gasteiger partial charge >= 0.3 is 11.9 Å². The van der Waals surface area contributed by atoms with Crippen LogP contribution in [0.15, 0.2) is 40.9 Å². The molecule has 2 atom stereocenters. The molecule has 1 aliphatic heterocycles. The third-order valence-corrected chi connectivity index (χ3v) is 5.85. The maximum Gasteiger partial charge on any atom is 0.339 e. The minimum Gasteiger partial charge on any atom is -0.497 e. The molecule has 0 N–H and O–H groups in total. The number of carbonyl (C=O) groups excluding carboxylic acids is 2. The first-order valence-electron chi connectivity index (χ1n) is 10.8. The lowest BCUT2D eigenvalue weighted by atomic mass is 10.0. The van der Waals surface area contributed by atoms with E-state index in [0.717, 1.165) is 10.2 Å². The number of nitrogens with zero attached hydrogens (tertiary/aromatic N) is 1. The van der Waals surface area contributed by atoms with E-state index >= 15 is 0 Å². The zero-order valence-electron chi connectivity index (χ0n) is 21.1. The van der Waals surface area contributed by atoms with Gasteiger partial charge in [0.15, 0.2) is 12.2 Å². The highest BCUT2D eigenvalue weighted by molar-refractivity contribution is 9.10. The van der Waals surface area contributed by atoms with Gasteiger partial charge in [-0.1, -0.05) is 15.9 Å². The second-order valence-corrected chi connectivity index (χ2v) is 8.58. The summed E-state index contributed by atoms with van der Waals surface area (Å²) in [6.07, 6.45) is -2.36. The van der Waals surface area contributed by atoms with Crippen LogP contribution in [0.1, 0.15) is 23.3 Å². The van der Waals surface area contributed by atoms with Gasteiger partial charge < -0.3 is 33.3 Å². The summed E-state index contributed by atoms with van der Waals surface area (Å²) in [6, 6.07) is 10.6. The molecule has 36 heavy (non-hydrogen) atoms. The van der Waals surface area contributed by atoms with Crippen molar-refractivity contribution >= 4 is 33.6 Å². The van der Waals surface area contributed by atoms with E-state index in [4.69, 9.17) is 23.7 Å². The third-order valence-electron chi connectivity index (χ3n) is 5.39. The van der Waals surface area contributed by atoms with Crippen molar-refractivity contribution in [1.29, 1.82) is 0 Å². The second kappa shape index (κ2) is 14.0. The van der Waals surface area contributed by atoms with Gasteiger partial charge in [0.1, 0.15) is 17.7 Å². The lowest BCUT2D eigenvalue weighted by Crippen LogP contribution is -2.48. The van der Waals surface area contributed by atoms with Gasteiger partial charge in [-0.25, -0.2) is 14.0 Å². The van der Waals surface area contributed by atoms with E-state index in [9.17, 15) is 14.0 Å². The van der Waals surface area contributed by atoms with Crippen molar-refractivity contribution < 1.29 is 42.4 Å². The van der Waals surface area contributed by atoms with Crippen molar-refractivity contribution in [2.45, 2.75) is 18.4 Å². The van der Waals surface area contributed by atoms with Crippen LogP contribution < -0.4 is 14.4 Å². The van der Waals surface area contributed by atoms with Crippen molar-refractivity contribution in [3.05, 3.63) is 52.0 Å². The summed E-state index contributed by atoms with van der Waals surface area (Å²) in [4.78, 5) is 25.0. The van der Waals surface area contributed by atoms with Gasteiger partial charge in [-0.05, 0) is 41.5 Å². The fraction of sp³-hybridized carbons (Fsp3) is 0.440. The number of hydrogen-bond donors (Lipinski definition) is 0. The summed E-state index contributed by atoms with van der Waals surface area (Å²) in [5.74, 6) is 0.308. The van der Waals surface area contributed by atoms with Crippen LogP contribution in [0.25, 0.3) is 0 Å². The highest BCUT2D eigenvalue weighted by atomic mass is 79.9. The topological polar surface area (TPSA) is 92.8 Å².